The van der Waals surface area contributed by atoms with Crippen molar-refractivity contribution in [3.63, 3.8) is 0 Å². The van der Waals surface area contributed by atoms with Gasteiger partial charge < -0.3 is 9.64 Å². The minimum atomic E-state index is -4.36. The number of carbonyl (C=O) groups is 3. The summed E-state index contributed by atoms with van der Waals surface area (Å²) in [4.78, 5) is 40.6. The molecule has 1 unspecified atom stereocenters. The number of nitrogens with zero attached hydrogens (tertiary/aromatic N) is 2. The highest BCUT2D eigenvalue weighted by Crippen LogP contribution is 2.34. The fraction of sp³-hybridized carbons (Fsp3) is 0.348. The summed E-state index contributed by atoms with van der Waals surface area (Å²) in [6.07, 6.45) is -4.12. The van der Waals surface area contributed by atoms with Crippen LogP contribution in [0, 0.1) is 5.92 Å². The van der Waals surface area contributed by atoms with Gasteiger partial charge in [0.25, 0.3) is 17.7 Å². The molecule has 2 aliphatic rings. The van der Waals surface area contributed by atoms with Gasteiger partial charge in [-0.1, -0.05) is 18.2 Å². The van der Waals surface area contributed by atoms with Crippen LogP contribution in [0.1, 0.15) is 49.5 Å². The maximum Gasteiger partial charge on any atom is 0.393 e. The minimum absolute atomic E-state index is 0.00973. The summed E-state index contributed by atoms with van der Waals surface area (Å²) in [7, 11) is 1.37. The topological polar surface area (TPSA) is 66.9 Å². The van der Waals surface area contributed by atoms with Crippen molar-refractivity contribution in [3.05, 3.63) is 64.7 Å². The van der Waals surface area contributed by atoms with Gasteiger partial charge in [0.2, 0.25) is 0 Å². The van der Waals surface area contributed by atoms with E-state index in [2.05, 4.69) is 0 Å². The van der Waals surface area contributed by atoms with E-state index < -0.39 is 36.4 Å². The molecule has 1 saturated heterocycles. The molecule has 9 heteroatoms. The van der Waals surface area contributed by atoms with E-state index in [1.165, 1.54) is 24.1 Å². The Labute approximate surface area is 182 Å². The summed E-state index contributed by atoms with van der Waals surface area (Å²) in [5.74, 6) is -2.78. The summed E-state index contributed by atoms with van der Waals surface area (Å²) in [6.45, 7) is -0.257. The van der Waals surface area contributed by atoms with Crippen molar-refractivity contribution in [2.75, 3.05) is 20.2 Å². The summed E-state index contributed by atoms with van der Waals surface area (Å²) >= 11 is 0. The fourth-order valence-electron chi connectivity index (χ4n) is 4.19. The maximum atomic E-state index is 13.2. The van der Waals surface area contributed by atoms with Crippen LogP contribution in [0.15, 0.2) is 42.5 Å². The Bertz CT molecular complexity index is 1050. The van der Waals surface area contributed by atoms with E-state index in [0.29, 0.717) is 16.7 Å². The second-order valence-corrected chi connectivity index (χ2v) is 7.91. The van der Waals surface area contributed by atoms with E-state index in [0.717, 1.165) is 4.90 Å². The molecule has 0 aromatic heterocycles. The predicted octanol–water partition coefficient (Wildman–Crippen LogP) is 3.91. The minimum Gasteiger partial charge on any atom is -0.496 e. The second-order valence-electron chi connectivity index (χ2n) is 7.91. The zero-order valence-corrected chi connectivity index (χ0v) is 17.3. The molecule has 0 N–H and O–H groups in total. The van der Waals surface area contributed by atoms with Gasteiger partial charge in [0.1, 0.15) is 5.75 Å². The van der Waals surface area contributed by atoms with Gasteiger partial charge in [0.15, 0.2) is 0 Å². The number of amides is 3. The van der Waals surface area contributed by atoms with Crippen LogP contribution in [0.3, 0.4) is 0 Å². The molecule has 2 aliphatic heterocycles. The highest BCUT2D eigenvalue weighted by Gasteiger charge is 2.43. The maximum absolute atomic E-state index is 13.2. The van der Waals surface area contributed by atoms with Crippen LogP contribution in [0.4, 0.5) is 13.2 Å². The molecule has 0 radical (unpaired) electrons. The van der Waals surface area contributed by atoms with E-state index in [4.69, 9.17) is 4.74 Å². The number of alkyl halides is 3. The van der Waals surface area contributed by atoms with Gasteiger partial charge >= 0.3 is 6.18 Å². The molecule has 0 aliphatic carbocycles. The van der Waals surface area contributed by atoms with Crippen LogP contribution < -0.4 is 4.74 Å². The van der Waals surface area contributed by atoms with Crippen molar-refractivity contribution in [2.24, 2.45) is 5.92 Å². The third-order valence-corrected chi connectivity index (χ3v) is 5.88. The summed E-state index contributed by atoms with van der Waals surface area (Å²) in [5, 5.41) is 0. The number of fused-ring (bicyclic) bond motifs is 1. The van der Waals surface area contributed by atoms with E-state index >= 15 is 0 Å². The third-order valence-electron chi connectivity index (χ3n) is 5.88. The SMILES string of the molecule is COc1ccc(CN2C(=O)c3ccccc3C2=O)cc1C(=O)N1CCCC(C(F)(F)F)C1. The van der Waals surface area contributed by atoms with Gasteiger partial charge in [-0.2, -0.15) is 13.2 Å². The zero-order valence-electron chi connectivity index (χ0n) is 17.3. The molecule has 2 aromatic rings. The average molecular weight is 446 g/mol. The number of methoxy groups -OCH3 is 1. The van der Waals surface area contributed by atoms with E-state index in [1.807, 2.05) is 0 Å². The number of halogens is 3. The first-order valence-corrected chi connectivity index (χ1v) is 10.2. The number of imide groups is 1. The number of likely N-dealkylation sites (tertiary alicyclic amines) is 1. The van der Waals surface area contributed by atoms with Crippen LogP contribution in [0.25, 0.3) is 0 Å². The summed E-state index contributed by atoms with van der Waals surface area (Å²) in [5.41, 5.74) is 1.22. The van der Waals surface area contributed by atoms with E-state index in [9.17, 15) is 27.6 Å². The molecule has 0 saturated carbocycles. The first kappa shape index (κ1) is 21.9. The molecule has 32 heavy (non-hydrogen) atoms. The molecular weight excluding hydrogens is 425 g/mol. The first-order valence-electron chi connectivity index (χ1n) is 10.2. The Morgan fingerprint density at radius 1 is 1.09 bits per heavy atom. The number of ether oxygens (including phenoxy) is 1. The molecule has 3 amide bonds. The van der Waals surface area contributed by atoms with Crippen molar-refractivity contribution in [2.45, 2.75) is 25.6 Å². The highest BCUT2D eigenvalue weighted by molar-refractivity contribution is 6.21. The smallest absolute Gasteiger partial charge is 0.393 e. The zero-order chi connectivity index (χ0) is 23.0. The van der Waals surface area contributed by atoms with Crippen LogP contribution in [0.2, 0.25) is 0 Å². The number of benzene rings is 2. The Hall–Kier alpha value is -3.36. The summed E-state index contributed by atoms with van der Waals surface area (Å²) < 4.78 is 44.8. The molecular formula is C23H21F3N2O4. The second kappa shape index (κ2) is 8.29. The predicted molar refractivity (Wildman–Crippen MR) is 108 cm³/mol. The molecule has 2 aromatic carbocycles. The van der Waals surface area contributed by atoms with Crippen molar-refractivity contribution in [3.8, 4) is 5.75 Å². The van der Waals surface area contributed by atoms with Crippen molar-refractivity contribution in [1.29, 1.82) is 0 Å². The number of carbonyl (C=O) groups excluding carboxylic acids is 3. The van der Waals surface area contributed by atoms with Crippen molar-refractivity contribution < 1.29 is 32.3 Å². The summed E-state index contributed by atoms with van der Waals surface area (Å²) in [6, 6.07) is 11.1. The molecule has 0 bridgehead atoms. The number of hydrogen-bond donors (Lipinski definition) is 0. The molecule has 1 atom stereocenters. The first-order chi connectivity index (χ1) is 15.2. The molecule has 1 fully saturated rings. The van der Waals surface area contributed by atoms with Gasteiger partial charge in [-0.05, 0) is 42.7 Å². The number of piperidine rings is 1. The largest absolute Gasteiger partial charge is 0.496 e. The molecule has 168 valence electrons. The van der Waals surface area contributed by atoms with Gasteiger partial charge in [-0.3, -0.25) is 19.3 Å². The van der Waals surface area contributed by atoms with Gasteiger partial charge in [0.05, 0.1) is 36.3 Å². The number of hydrogen-bond acceptors (Lipinski definition) is 4. The van der Waals surface area contributed by atoms with Gasteiger partial charge in [-0.25, -0.2) is 0 Å². The van der Waals surface area contributed by atoms with E-state index in [1.54, 1.807) is 30.3 Å². The monoisotopic (exact) mass is 446 g/mol. The standard InChI is InChI=1S/C23H21F3N2O4/c1-32-19-9-8-14(12-28-21(30)16-6-2-3-7-17(16)22(28)31)11-18(19)20(29)27-10-4-5-15(13-27)23(24,25)26/h2-3,6-9,11,15H,4-5,10,12-13H2,1H3. The third kappa shape index (κ3) is 3.94. The lowest BCUT2D eigenvalue weighted by molar-refractivity contribution is -0.184. The Balaban J connectivity index is 1.58. The normalized spacial score (nSPS) is 18.7. The highest BCUT2D eigenvalue weighted by atomic mass is 19.4. The fourth-order valence-corrected chi connectivity index (χ4v) is 4.19. The van der Waals surface area contributed by atoms with Crippen molar-refractivity contribution in [1.82, 2.24) is 9.80 Å². The van der Waals surface area contributed by atoms with Gasteiger partial charge in [-0.15, -0.1) is 0 Å². The lowest BCUT2D eigenvalue weighted by Crippen LogP contribution is -2.44. The van der Waals surface area contributed by atoms with Crippen LogP contribution in [0.5, 0.6) is 5.75 Å². The lowest BCUT2D eigenvalue weighted by Gasteiger charge is -2.34. The van der Waals surface area contributed by atoms with Crippen LogP contribution in [-0.2, 0) is 6.54 Å². The van der Waals surface area contributed by atoms with E-state index in [-0.39, 0.29) is 37.2 Å². The quantitative estimate of drug-likeness (QED) is 0.668. The van der Waals surface area contributed by atoms with Crippen LogP contribution >= 0.6 is 0 Å². The Morgan fingerprint density at radius 3 is 2.34 bits per heavy atom. The molecule has 2 heterocycles. The molecule has 6 nitrogen and oxygen atoms in total. The Kier molecular flexibility index (Phi) is 5.66. The van der Waals surface area contributed by atoms with Crippen molar-refractivity contribution >= 4 is 17.7 Å². The molecule has 0 spiro atoms. The average Bonchev–Trinajstić information content (AvgIpc) is 3.03. The molecule has 4 rings (SSSR count). The van der Waals surface area contributed by atoms with Crippen LogP contribution in [-0.4, -0.2) is 53.9 Å². The van der Waals surface area contributed by atoms with Gasteiger partial charge in [0, 0.05) is 13.1 Å². The lowest BCUT2D eigenvalue weighted by atomic mass is 9.96. The number of rotatable bonds is 4. The Morgan fingerprint density at radius 2 is 1.75 bits per heavy atom.